The van der Waals surface area contributed by atoms with E-state index in [4.69, 9.17) is 11.6 Å². The molecule has 0 fully saturated rings. The van der Waals surface area contributed by atoms with Crippen LogP contribution in [0.3, 0.4) is 0 Å². The van der Waals surface area contributed by atoms with Crippen LogP contribution in [0.25, 0.3) is 0 Å². The van der Waals surface area contributed by atoms with Gasteiger partial charge in [0.2, 0.25) is 0 Å². The van der Waals surface area contributed by atoms with Crippen LogP contribution in [0.4, 0.5) is 8.78 Å². The lowest BCUT2D eigenvalue weighted by molar-refractivity contribution is -0.116. The Hall–Kier alpha value is -0.480. The summed E-state index contributed by atoms with van der Waals surface area (Å²) in [6.07, 6.45) is -2.63. The van der Waals surface area contributed by atoms with Gasteiger partial charge in [-0.1, -0.05) is 34.1 Å². The molecule has 1 rings (SSSR count). The quantitative estimate of drug-likeness (QED) is 0.754. The lowest BCUT2D eigenvalue weighted by atomic mass is 10.00. The van der Waals surface area contributed by atoms with Crippen LogP contribution in [-0.4, -0.2) is 5.78 Å². The number of carbonyl (C=O) groups excluding carboxylic acids is 1. The van der Waals surface area contributed by atoms with Crippen LogP contribution in [0.1, 0.15) is 35.4 Å². The van der Waals surface area contributed by atoms with Gasteiger partial charge in [0, 0.05) is 10.9 Å². The Morgan fingerprint density at radius 2 is 2.06 bits per heavy atom. The maximum atomic E-state index is 12.7. The molecule has 0 heterocycles. The van der Waals surface area contributed by atoms with E-state index in [0.717, 1.165) is 5.56 Å². The smallest absolute Gasteiger partial charge is 0.264 e. The molecule has 0 aliphatic rings. The third-order valence-corrected chi connectivity index (χ3v) is 3.36. The predicted octanol–water partition coefficient (Wildman–Crippen LogP) is 4.39. The molecule has 0 N–H and O–H groups in total. The Morgan fingerprint density at radius 3 is 2.50 bits per heavy atom. The van der Waals surface area contributed by atoms with E-state index < -0.39 is 11.8 Å². The molecular weight excluding hydrogens is 301 g/mol. The molecule has 1 unspecified atom stereocenters. The first-order valence-corrected chi connectivity index (χ1v) is 6.14. The molecule has 1 aromatic carbocycles. The zero-order valence-electron chi connectivity index (χ0n) is 8.51. The molecule has 88 valence electrons. The minimum absolute atomic E-state index is 0.181. The second-order valence-electron chi connectivity index (χ2n) is 3.37. The molecule has 0 radical (unpaired) electrons. The van der Waals surface area contributed by atoms with Gasteiger partial charge < -0.3 is 0 Å². The summed E-state index contributed by atoms with van der Waals surface area (Å²) in [4.78, 5) is 11.1. The van der Waals surface area contributed by atoms with E-state index in [1.165, 1.54) is 19.1 Å². The number of hydrogen-bond donors (Lipinski definition) is 0. The topological polar surface area (TPSA) is 17.1 Å². The van der Waals surface area contributed by atoms with Crippen molar-refractivity contribution in [3.05, 3.63) is 34.9 Å². The summed E-state index contributed by atoms with van der Waals surface area (Å²) < 4.78 is 25.4. The van der Waals surface area contributed by atoms with Crippen molar-refractivity contribution < 1.29 is 13.6 Å². The van der Waals surface area contributed by atoms with E-state index in [9.17, 15) is 13.6 Å². The molecule has 5 heteroatoms. The Morgan fingerprint density at radius 1 is 1.44 bits per heavy atom. The summed E-state index contributed by atoms with van der Waals surface area (Å²) in [6, 6.07) is 4.44. The van der Waals surface area contributed by atoms with Crippen LogP contribution >= 0.6 is 27.5 Å². The summed E-state index contributed by atoms with van der Waals surface area (Å²) in [5.74, 6) is -0.338. The monoisotopic (exact) mass is 310 g/mol. The van der Waals surface area contributed by atoms with Crippen molar-refractivity contribution in [1.29, 1.82) is 0 Å². The van der Waals surface area contributed by atoms with E-state index in [-0.39, 0.29) is 16.9 Å². The first-order chi connectivity index (χ1) is 7.47. The van der Waals surface area contributed by atoms with Gasteiger partial charge in [-0.25, -0.2) is 8.78 Å². The summed E-state index contributed by atoms with van der Waals surface area (Å²) in [5.41, 5.74) is 0.826. The summed E-state index contributed by atoms with van der Waals surface area (Å²) in [5, 5.41) is -0.478. The molecule has 16 heavy (non-hydrogen) atoms. The first kappa shape index (κ1) is 13.6. The van der Waals surface area contributed by atoms with Crippen LogP contribution in [0.5, 0.6) is 0 Å². The van der Waals surface area contributed by atoms with E-state index in [2.05, 4.69) is 15.9 Å². The highest BCUT2D eigenvalue weighted by molar-refractivity contribution is 9.08. The Bertz CT molecular complexity index is 396. The number of Topliss-reactive ketones (excluding diaryl/α,β-unsaturated/α-hetero) is 1. The van der Waals surface area contributed by atoms with Gasteiger partial charge >= 0.3 is 0 Å². The third kappa shape index (κ3) is 3.01. The molecule has 0 spiro atoms. The first-order valence-electron chi connectivity index (χ1n) is 4.58. The average molecular weight is 312 g/mol. The van der Waals surface area contributed by atoms with Crippen molar-refractivity contribution in [3.63, 3.8) is 0 Å². The highest BCUT2D eigenvalue weighted by Crippen LogP contribution is 2.32. The van der Waals surface area contributed by atoms with Gasteiger partial charge in [0.15, 0.2) is 5.78 Å². The van der Waals surface area contributed by atoms with Crippen LogP contribution in [0.15, 0.2) is 18.2 Å². The minimum Gasteiger partial charge on any atom is -0.298 e. The Labute approximate surface area is 106 Å². The zero-order chi connectivity index (χ0) is 12.3. The van der Waals surface area contributed by atoms with Crippen molar-refractivity contribution in [2.75, 3.05) is 0 Å². The maximum Gasteiger partial charge on any atom is 0.264 e. The number of halogens is 4. The van der Waals surface area contributed by atoms with Crippen LogP contribution < -0.4 is 0 Å². The molecule has 1 nitrogen and oxygen atoms in total. The number of hydrogen-bond acceptors (Lipinski definition) is 1. The van der Waals surface area contributed by atoms with Crippen LogP contribution in [0, 0.1) is 0 Å². The van der Waals surface area contributed by atoms with E-state index >= 15 is 0 Å². The van der Waals surface area contributed by atoms with E-state index in [1.807, 2.05) is 0 Å². The van der Waals surface area contributed by atoms with Crippen molar-refractivity contribution in [1.82, 2.24) is 0 Å². The molecular formula is C11H10BrClF2O. The van der Waals surface area contributed by atoms with Gasteiger partial charge in [-0.2, -0.15) is 0 Å². The number of carbonyl (C=O) groups is 1. The standard InChI is InChI=1S/C11H10BrClF2O/c1-6(16)10(13)9-4-7(5-12)2-3-8(9)11(14)15/h2-4,10-11H,5H2,1H3. The molecule has 0 aliphatic heterocycles. The summed E-state index contributed by atoms with van der Waals surface area (Å²) in [7, 11) is 0. The third-order valence-electron chi connectivity index (χ3n) is 2.17. The summed E-state index contributed by atoms with van der Waals surface area (Å²) in [6.45, 7) is 1.29. The Kier molecular flexibility index (Phi) is 4.87. The lowest BCUT2D eigenvalue weighted by Crippen LogP contribution is -2.06. The van der Waals surface area contributed by atoms with Gasteiger partial charge in [-0.15, -0.1) is 11.6 Å². The molecule has 0 aliphatic carbocycles. The minimum atomic E-state index is -2.63. The number of alkyl halides is 4. The van der Waals surface area contributed by atoms with Crippen LogP contribution in [0.2, 0.25) is 0 Å². The van der Waals surface area contributed by atoms with Gasteiger partial charge in [-0.3, -0.25) is 4.79 Å². The highest BCUT2D eigenvalue weighted by Gasteiger charge is 2.21. The van der Waals surface area contributed by atoms with E-state index in [1.54, 1.807) is 6.07 Å². The fourth-order valence-electron chi connectivity index (χ4n) is 1.34. The summed E-state index contributed by atoms with van der Waals surface area (Å²) >= 11 is 9.05. The Balaban J connectivity index is 3.25. The van der Waals surface area contributed by atoms with E-state index in [0.29, 0.717) is 5.33 Å². The average Bonchev–Trinajstić information content (AvgIpc) is 2.26. The fourth-order valence-corrected chi connectivity index (χ4v) is 1.88. The van der Waals surface area contributed by atoms with Crippen molar-refractivity contribution >= 4 is 33.3 Å². The van der Waals surface area contributed by atoms with Crippen molar-refractivity contribution in [3.8, 4) is 0 Å². The predicted molar refractivity (Wildman–Crippen MR) is 63.3 cm³/mol. The van der Waals surface area contributed by atoms with Gasteiger partial charge in [0.25, 0.3) is 6.43 Å². The lowest BCUT2D eigenvalue weighted by Gasteiger charge is -2.13. The molecule has 0 bridgehead atoms. The number of benzene rings is 1. The highest BCUT2D eigenvalue weighted by atomic mass is 79.9. The molecule has 0 saturated heterocycles. The fraction of sp³-hybridized carbons (Fsp3) is 0.364. The number of rotatable bonds is 4. The molecule has 0 amide bonds. The second-order valence-corrected chi connectivity index (χ2v) is 4.37. The van der Waals surface area contributed by atoms with Gasteiger partial charge in [0.1, 0.15) is 5.38 Å². The molecule has 0 aromatic heterocycles. The van der Waals surface area contributed by atoms with Gasteiger partial charge in [-0.05, 0) is 18.1 Å². The largest absolute Gasteiger partial charge is 0.298 e. The normalized spacial score (nSPS) is 12.9. The maximum absolute atomic E-state index is 12.7. The number of ketones is 1. The van der Waals surface area contributed by atoms with Crippen molar-refractivity contribution in [2.24, 2.45) is 0 Å². The van der Waals surface area contributed by atoms with Gasteiger partial charge in [0.05, 0.1) is 0 Å². The SMILES string of the molecule is CC(=O)C(Cl)c1cc(CBr)ccc1C(F)F. The molecule has 1 aromatic rings. The van der Waals surface area contributed by atoms with Crippen LogP contribution in [-0.2, 0) is 10.1 Å². The van der Waals surface area contributed by atoms with Crippen molar-refractivity contribution in [2.45, 2.75) is 24.1 Å². The zero-order valence-corrected chi connectivity index (χ0v) is 10.9. The molecule has 0 saturated carbocycles. The second kappa shape index (κ2) is 5.73. The molecule has 1 atom stereocenters.